The molecule has 1 aliphatic rings. The summed E-state index contributed by atoms with van der Waals surface area (Å²) in [6.45, 7) is 5.10. The van der Waals surface area contributed by atoms with Gasteiger partial charge in [0.2, 0.25) is 0 Å². The maximum Gasteiger partial charge on any atom is 0.491 e. The fourth-order valence-electron chi connectivity index (χ4n) is 3.18. The number of hydrogen-bond acceptors (Lipinski definition) is 7. The molecule has 0 spiro atoms. The summed E-state index contributed by atoms with van der Waals surface area (Å²) >= 11 is 0. The van der Waals surface area contributed by atoms with Crippen molar-refractivity contribution in [3.63, 3.8) is 0 Å². The highest BCUT2D eigenvalue weighted by molar-refractivity contribution is 6.61. The van der Waals surface area contributed by atoms with Gasteiger partial charge in [0.25, 0.3) is 5.91 Å². The van der Waals surface area contributed by atoms with E-state index in [1.807, 2.05) is 0 Å². The van der Waals surface area contributed by atoms with Gasteiger partial charge < -0.3 is 36.1 Å². The van der Waals surface area contributed by atoms with E-state index < -0.39 is 43.5 Å². The van der Waals surface area contributed by atoms with E-state index in [2.05, 4.69) is 17.2 Å². The van der Waals surface area contributed by atoms with E-state index in [9.17, 15) is 23.0 Å². The van der Waals surface area contributed by atoms with Crippen LogP contribution in [0.3, 0.4) is 0 Å². The second-order valence-corrected chi connectivity index (χ2v) is 7.20. The van der Waals surface area contributed by atoms with Gasteiger partial charge in [0.05, 0.1) is 17.7 Å². The van der Waals surface area contributed by atoms with Crippen molar-refractivity contribution in [1.29, 1.82) is 0 Å². The largest absolute Gasteiger partial charge is 0.491 e. The fraction of sp³-hybridized carbons (Fsp3) is 0.471. The standard InChI is InChI=1S/C17H24B2F3N3O5/c1-9(18(27)28)3-10(2)25-12(6-23)7-24-16(26)13-5-15-11(8-30-19(15)29)4-14(13)17(20,21)22/h4-5,10,12,25,27-29H,1,3,6-8,23H2,2H3,(H,24,26). The molecule has 1 amide bonds. The maximum absolute atomic E-state index is 13.4. The Morgan fingerprint density at radius 1 is 1.43 bits per heavy atom. The van der Waals surface area contributed by atoms with Crippen molar-refractivity contribution in [3.05, 3.63) is 40.9 Å². The van der Waals surface area contributed by atoms with Crippen molar-refractivity contribution >= 4 is 25.6 Å². The number of nitrogens with two attached hydrogens (primary N) is 1. The van der Waals surface area contributed by atoms with Crippen LogP contribution >= 0.6 is 0 Å². The molecule has 13 heteroatoms. The predicted octanol–water partition coefficient (Wildman–Crippen LogP) is -1.08. The topological polar surface area (TPSA) is 137 Å². The van der Waals surface area contributed by atoms with Crippen LogP contribution in [0.2, 0.25) is 0 Å². The quantitative estimate of drug-likeness (QED) is 0.275. The molecule has 0 saturated carbocycles. The van der Waals surface area contributed by atoms with Gasteiger partial charge in [-0.15, -0.1) is 6.58 Å². The number of alkyl halides is 3. The molecular weight excluding hydrogens is 405 g/mol. The Hall–Kier alpha value is -1.89. The molecule has 0 bridgehead atoms. The van der Waals surface area contributed by atoms with Crippen LogP contribution in [-0.2, 0) is 17.4 Å². The van der Waals surface area contributed by atoms with Gasteiger partial charge in [-0.3, -0.25) is 4.79 Å². The lowest BCUT2D eigenvalue weighted by atomic mass is 9.77. The molecule has 1 aromatic carbocycles. The molecule has 7 N–H and O–H groups in total. The van der Waals surface area contributed by atoms with Gasteiger partial charge in [-0.05, 0) is 42.0 Å². The van der Waals surface area contributed by atoms with Gasteiger partial charge in [-0.1, -0.05) is 0 Å². The molecule has 0 radical (unpaired) electrons. The molecule has 0 fully saturated rings. The summed E-state index contributed by atoms with van der Waals surface area (Å²) in [5.74, 6) is -0.965. The summed E-state index contributed by atoms with van der Waals surface area (Å²) in [4.78, 5) is 12.5. The molecule has 2 atom stereocenters. The van der Waals surface area contributed by atoms with Crippen LogP contribution in [0.4, 0.5) is 13.2 Å². The number of fused-ring (bicyclic) bond motifs is 1. The predicted molar refractivity (Wildman–Crippen MR) is 106 cm³/mol. The average Bonchev–Trinajstić information content (AvgIpc) is 3.03. The summed E-state index contributed by atoms with van der Waals surface area (Å²) < 4.78 is 45.2. The Morgan fingerprint density at radius 3 is 2.67 bits per heavy atom. The minimum absolute atomic E-state index is 0.0682. The van der Waals surface area contributed by atoms with Crippen LogP contribution in [0.25, 0.3) is 0 Å². The Labute approximate surface area is 172 Å². The molecule has 1 heterocycles. The van der Waals surface area contributed by atoms with Crippen molar-refractivity contribution < 1.29 is 37.7 Å². The normalized spacial score (nSPS) is 15.5. The molecule has 8 nitrogen and oxygen atoms in total. The Bertz CT molecular complexity index is 795. The second-order valence-electron chi connectivity index (χ2n) is 7.20. The molecule has 1 aliphatic heterocycles. The first-order valence-corrected chi connectivity index (χ1v) is 9.25. The van der Waals surface area contributed by atoms with Gasteiger partial charge in [-0.2, -0.15) is 13.2 Å². The highest BCUT2D eigenvalue weighted by Gasteiger charge is 2.39. The molecule has 2 unspecified atom stereocenters. The van der Waals surface area contributed by atoms with Crippen LogP contribution < -0.4 is 21.8 Å². The number of nitrogens with one attached hydrogen (secondary N) is 2. The second kappa shape index (κ2) is 9.94. The van der Waals surface area contributed by atoms with Crippen molar-refractivity contribution in [2.24, 2.45) is 5.73 Å². The summed E-state index contributed by atoms with van der Waals surface area (Å²) in [6.07, 6.45) is -4.54. The van der Waals surface area contributed by atoms with E-state index in [1.165, 1.54) is 0 Å². The number of carbonyl (C=O) groups excluding carboxylic acids is 1. The summed E-state index contributed by atoms with van der Waals surface area (Å²) in [7, 11) is -3.05. The zero-order valence-corrected chi connectivity index (χ0v) is 16.4. The SMILES string of the molecule is C=C(CC(C)NC(CN)CNC(=O)c1cc2c(cc1C(F)(F)F)COB2O)B(O)O. The summed E-state index contributed by atoms with van der Waals surface area (Å²) in [5, 5.41) is 33.4. The number of halogens is 3. The Morgan fingerprint density at radius 2 is 2.10 bits per heavy atom. The van der Waals surface area contributed by atoms with Crippen molar-refractivity contribution in [2.45, 2.75) is 38.2 Å². The molecule has 164 valence electrons. The third-order valence-electron chi connectivity index (χ3n) is 4.74. The van der Waals surface area contributed by atoms with Gasteiger partial charge >= 0.3 is 20.4 Å². The van der Waals surface area contributed by atoms with E-state index in [0.29, 0.717) is 0 Å². The lowest BCUT2D eigenvalue weighted by molar-refractivity contribution is -0.138. The molecular formula is C17H24B2F3N3O5. The molecule has 0 saturated heterocycles. The lowest BCUT2D eigenvalue weighted by Crippen LogP contribution is -2.49. The molecule has 30 heavy (non-hydrogen) atoms. The van der Waals surface area contributed by atoms with E-state index in [-0.39, 0.29) is 48.7 Å². The third kappa shape index (κ3) is 6.06. The van der Waals surface area contributed by atoms with E-state index >= 15 is 0 Å². The monoisotopic (exact) mass is 429 g/mol. The first-order chi connectivity index (χ1) is 13.9. The zero-order chi connectivity index (χ0) is 22.6. The van der Waals surface area contributed by atoms with Crippen molar-refractivity contribution in [1.82, 2.24) is 10.6 Å². The number of rotatable bonds is 9. The van der Waals surface area contributed by atoms with E-state index in [1.54, 1.807) is 6.92 Å². The minimum Gasteiger partial charge on any atom is -0.423 e. The van der Waals surface area contributed by atoms with Crippen LogP contribution in [0.5, 0.6) is 0 Å². The van der Waals surface area contributed by atoms with Crippen LogP contribution in [0.15, 0.2) is 24.2 Å². The van der Waals surface area contributed by atoms with Crippen LogP contribution in [0, 0.1) is 0 Å². The number of benzene rings is 1. The maximum atomic E-state index is 13.4. The first-order valence-electron chi connectivity index (χ1n) is 9.25. The number of hydrogen-bond donors (Lipinski definition) is 6. The summed E-state index contributed by atoms with van der Waals surface area (Å²) in [5.41, 5.74) is 4.41. The van der Waals surface area contributed by atoms with Gasteiger partial charge in [0.1, 0.15) is 0 Å². The fourth-order valence-corrected chi connectivity index (χ4v) is 3.18. The third-order valence-corrected chi connectivity index (χ3v) is 4.74. The van der Waals surface area contributed by atoms with E-state index in [4.69, 9.17) is 20.4 Å². The van der Waals surface area contributed by atoms with E-state index in [0.717, 1.165) is 12.1 Å². The lowest BCUT2D eigenvalue weighted by Gasteiger charge is -2.23. The average molecular weight is 429 g/mol. The van der Waals surface area contributed by atoms with Gasteiger partial charge in [0, 0.05) is 25.2 Å². The number of carbonyl (C=O) groups is 1. The van der Waals surface area contributed by atoms with Crippen molar-refractivity contribution in [3.8, 4) is 0 Å². The highest BCUT2D eigenvalue weighted by Crippen LogP contribution is 2.33. The minimum atomic E-state index is -4.76. The first kappa shape index (κ1) is 24.4. The Balaban J connectivity index is 2.09. The highest BCUT2D eigenvalue weighted by atomic mass is 19.4. The van der Waals surface area contributed by atoms with Crippen LogP contribution in [-0.4, -0.2) is 60.4 Å². The Kier molecular flexibility index (Phi) is 8.08. The van der Waals surface area contributed by atoms with Gasteiger partial charge in [0.15, 0.2) is 0 Å². The molecule has 0 aromatic heterocycles. The van der Waals surface area contributed by atoms with Crippen LogP contribution in [0.1, 0.15) is 34.8 Å². The number of amides is 1. The van der Waals surface area contributed by atoms with Crippen molar-refractivity contribution in [2.75, 3.05) is 13.1 Å². The summed E-state index contributed by atoms with van der Waals surface area (Å²) in [6, 6.07) is 1.05. The molecule has 0 aliphatic carbocycles. The smallest absolute Gasteiger partial charge is 0.423 e. The molecule has 2 rings (SSSR count). The van der Waals surface area contributed by atoms with Gasteiger partial charge in [-0.25, -0.2) is 0 Å². The molecule has 1 aromatic rings. The zero-order valence-electron chi connectivity index (χ0n) is 16.4.